The van der Waals surface area contributed by atoms with Crippen molar-refractivity contribution < 1.29 is 9.31 Å². The molecule has 20 heavy (non-hydrogen) atoms. The molecule has 0 bridgehead atoms. The zero-order chi connectivity index (χ0) is 14.7. The molecule has 2 aromatic rings. The predicted molar refractivity (Wildman–Crippen MR) is 78.9 cm³/mol. The summed E-state index contributed by atoms with van der Waals surface area (Å²) in [6, 6.07) is 7.71. The van der Waals surface area contributed by atoms with Crippen LogP contribution >= 0.6 is 11.3 Å². The summed E-state index contributed by atoms with van der Waals surface area (Å²) in [4.78, 5) is 12.6. The van der Waals surface area contributed by atoms with E-state index < -0.39 is 10.7 Å². The Labute approximate surface area is 120 Å². The van der Waals surface area contributed by atoms with Crippen LogP contribution in [0.1, 0.15) is 16.7 Å². The lowest BCUT2D eigenvalue weighted by Crippen LogP contribution is -2.17. The van der Waals surface area contributed by atoms with Gasteiger partial charge in [-0.1, -0.05) is 0 Å². The van der Waals surface area contributed by atoms with Crippen molar-refractivity contribution in [1.29, 1.82) is 0 Å². The lowest BCUT2D eigenvalue weighted by atomic mass is 10.2. The molecule has 0 aliphatic rings. The smallest absolute Gasteiger partial charge is 0.274 e. The average Bonchev–Trinajstić information content (AvgIpc) is 2.73. The van der Waals surface area contributed by atoms with Crippen LogP contribution in [0.2, 0.25) is 0 Å². The molecule has 0 saturated heterocycles. The Hall–Kier alpha value is -1.95. The highest BCUT2D eigenvalue weighted by Crippen LogP contribution is 2.22. The van der Waals surface area contributed by atoms with Crippen LogP contribution < -0.4 is 5.32 Å². The first kappa shape index (κ1) is 14.5. The van der Waals surface area contributed by atoms with Crippen LogP contribution in [-0.4, -0.2) is 11.0 Å². The first-order chi connectivity index (χ1) is 9.44. The number of hydrogen-bond donors (Lipinski definition) is 1. The van der Waals surface area contributed by atoms with Gasteiger partial charge in [0.1, 0.15) is 5.82 Å². The van der Waals surface area contributed by atoms with Gasteiger partial charge in [0, 0.05) is 34.0 Å². The van der Waals surface area contributed by atoms with Crippen molar-refractivity contribution in [3.05, 3.63) is 56.0 Å². The summed E-state index contributed by atoms with van der Waals surface area (Å²) in [5.41, 5.74) is 0.184. The Bertz CT molecular complexity index is 627. The van der Waals surface area contributed by atoms with E-state index in [2.05, 4.69) is 17.4 Å². The summed E-state index contributed by atoms with van der Waals surface area (Å²) >= 11 is 1.72. The lowest BCUT2D eigenvalue weighted by Gasteiger charge is -2.14. The largest absolute Gasteiger partial charge is 0.382 e. The number of nitrogens with one attached hydrogen (secondary N) is 1. The average molecular weight is 294 g/mol. The summed E-state index contributed by atoms with van der Waals surface area (Å²) in [5, 5.41) is 13.8. The second-order valence-corrected chi connectivity index (χ2v) is 6.09. The minimum atomic E-state index is -0.610. The maximum absolute atomic E-state index is 13.3. The third-order valence-electron chi connectivity index (χ3n) is 2.81. The van der Waals surface area contributed by atoms with Crippen molar-refractivity contribution in [2.24, 2.45) is 0 Å². The van der Waals surface area contributed by atoms with E-state index in [-0.39, 0.29) is 11.7 Å². The molecular weight excluding hydrogens is 279 g/mol. The molecule has 0 aliphatic heterocycles. The van der Waals surface area contributed by atoms with E-state index in [1.807, 2.05) is 13.8 Å². The number of halogens is 1. The molecule has 1 atom stereocenters. The van der Waals surface area contributed by atoms with Crippen LogP contribution in [0.3, 0.4) is 0 Å². The van der Waals surface area contributed by atoms with Crippen molar-refractivity contribution in [3.8, 4) is 0 Å². The fraction of sp³-hybridized carbons (Fsp3) is 0.286. The zero-order valence-corrected chi connectivity index (χ0v) is 12.0. The standard InChI is InChI=1S/C14H15FN2O2S/c1-9(5-14-4-3-10(2)20-14)16-12-6-11(15)7-13(8-12)17(18)19/h3-4,6-9,16H,5H2,1-2H3. The second kappa shape index (κ2) is 6.00. The van der Waals surface area contributed by atoms with Crippen molar-refractivity contribution in [2.45, 2.75) is 26.3 Å². The van der Waals surface area contributed by atoms with Gasteiger partial charge in [-0.15, -0.1) is 11.3 Å². The third-order valence-corrected chi connectivity index (χ3v) is 3.83. The van der Waals surface area contributed by atoms with Gasteiger partial charge in [-0.25, -0.2) is 4.39 Å². The molecule has 1 unspecified atom stereocenters. The van der Waals surface area contributed by atoms with Gasteiger partial charge >= 0.3 is 0 Å². The molecule has 4 nitrogen and oxygen atoms in total. The fourth-order valence-electron chi connectivity index (χ4n) is 2.00. The molecule has 106 valence electrons. The van der Waals surface area contributed by atoms with Gasteiger partial charge in [-0.3, -0.25) is 10.1 Å². The van der Waals surface area contributed by atoms with Crippen molar-refractivity contribution in [3.63, 3.8) is 0 Å². The van der Waals surface area contributed by atoms with E-state index in [1.54, 1.807) is 11.3 Å². The number of anilines is 1. The monoisotopic (exact) mass is 294 g/mol. The maximum atomic E-state index is 13.3. The number of hydrogen-bond acceptors (Lipinski definition) is 4. The number of non-ortho nitro benzene ring substituents is 1. The Morgan fingerprint density at radius 2 is 2.15 bits per heavy atom. The summed E-state index contributed by atoms with van der Waals surface area (Å²) in [7, 11) is 0. The van der Waals surface area contributed by atoms with Crippen LogP contribution in [0.4, 0.5) is 15.8 Å². The molecule has 0 amide bonds. The fourth-order valence-corrected chi connectivity index (χ4v) is 3.01. The number of rotatable bonds is 5. The highest BCUT2D eigenvalue weighted by molar-refractivity contribution is 7.11. The first-order valence-electron chi connectivity index (χ1n) is 6.21. The topological polar surface area (TPSA) is 55.2 Å². The Morgan fingerprint density at radius 3 is 2.75 bits per heavy atom. The molecule has 1 aromatic carbocycles. The third kappa shape index (κ3) is 3.77. The molecule has 2 rings (SSSR count). The van der Waals surface area contributed by atoms with E-state index in [9.17, 15) is 14.5 Å². The number of aryl methyl sites for hydroxylation is 1. The predicted octanol–water partition coefficient (Wildman–Crippen LogP) is 4.15. The number of benzene rings is 1. The molecule has 6 heteroatoms. The molecule has 1 heterocycles. The Kier molecular flexibility index (Phi) is 4.34. The first-order valence-corrected chi connectivity index (χ1v) is 7.02. The molecule has 0 fully saturated rings. The molecule has 1 aromatic heterocycles. The van der Waals surface area contributed by atoms with Crippen molar-refractivity contribution in [1.82, 2.24) is 0 Å². The molecular formula is C14H15FN2O2S. The van der Waals surface area contributed by atoms with Crippen LogP contribution in [-0.2, 0) is 6.42 Å². The van der Waals surface area contributed by atoms with Gasteiger partial charge < -0.3 is 5.32 Å². The minimum absolute atomic E-state index is 0.0643. The molecule has 1 N–H and O–H groups in total. The molecule has 0 saturated carbocycles. The summed E-state index contributed by atoms with van der Waals surface area (Å²) < 4.78 is 13.3. The van der Waals surface area contributed by atoms with Gasteiger partial charge in [0.25, 0.3) is 5.69 Å². The number of thiophene rings is 1. The van der Waals surface area contributed by atoms with E-state index in [0.29, 0.717) is 5.69 Å². The lowest BCUT2D eigenvalue weighted by molar-refractivity contribution is -0.385. The second-order valence-electron chi connectivity index (χ2n) is 4.72. The minimum Gasteiger partial charge on any atom is -0.382 e. The highest BCUT2D eigenvalue weighted by atomic mass is 32.1. The van der Waals surface area contributed by atoms with Gasteiger partial charge in [-0.2, -0.15) is 0 Å². The molecule has 0 spiro atoms. The van der Waals surface area contributed by atoms with Gasteiger partial charge in [0.2, 0.25) is 0 Å². The van der Waals surface area contributed by atoms with Gasteiger partial charge in [0.05, 0.1) is 11.0 Å². The number of nitro benzene ring substituents is 1. The van der Waals surface area contributed by atoms with E-state index in [1.165, 1.54) is 21.9 Å². The molecule has 0 aliphatic carbocycles. The number of nitro groups is 1. The number of nitrogens with zero attached hydrogens (tertiary/aromatic N) is 1. The maximum Gasteiger partial charge on any atom is 0.274 e. The van der Waals surface area contributed by atoms with E-state index in [0.717, 1.165) is 12.5 Å². The van der Waals surface area contributed by atoms with Gasteiger partial charge in [-0.05, 0) is 32.0 Å². The Morgan fingerprint density at radius 1 is 1.40 bits per heavy atom. The zero-order valence-electron chi connectivity index (χ0n) is 11.2. The van der Waals surface area contributed by atoms with Crippen LogP contribution in [0.15, 0.2) is 30.3 Å². The van der Waals surface area contributed by atoms with E-state index >= 15 is 0 Å². The van der Waals surface area contributed by atoms with Crippen molar-refractivity contribution in [2.75, 3.05) is 5.32 Å². The van der Waals surface area contributed by atoms with E-state index in [4.69, 9.17) is 0 Å². The Balaban J connectivity index is 2.07. The highest BCUT2D eigenvalue weighted by Gasteiger charge is 2.12. The summed E-state index contributed by atoms with van der Waals surface area (Å²) in [6.45, 7) is 4.01. The summed E-state index contributed by atoms with van der Waals surface area (Å²) in [5.74, 6) is -0.610. The molecule has 0 radical (unpaired) electrons. The van der Waals surface area contributed by atoms with Crippen LogP contribution in [0.5, 0.6) is 0 Å². The SMILES string of the molecule is Cc1ccc(CC(C)Nc2cc(F)cc([N+](=O)[O-])c2)s1. The van der Waals surface area contributed by atoms with Crippen molar-refractivity contribution >= 4 is 22.7 Å². The quantitative estimate of drug-likeness (QED) is 0.666. The summed E-state index contributed by atoms with van der Waals surface area (Å²) in [6.07, 6.45) is 0.794. The normalized spacial score (nSPS) is 12.2. The van der Waals surface area contributed by atoms with Crippen LogP contribution in [0, 0.1) is 22.9 Å². The van der Waals surface area contributed by atoms with Gasteiger partial charge in [0.15, 0.2) is 0 Å². The van der Waals surface area contributed by atoms with Crippen LogP contribution in [0.25, 0.3) is 0 Å².